The van der Waals surface area contributed by atoms with Crippen molar-refractivity contribution in [3.63, 3.8) is 0 Å². The second kappa shape index (κ2) is 13.7. The summed E-state index contributed by atoms with van der Waals surface area (Å²) in [6, 6.07) is -0.731. The van der Waals surface area contributed by atoms with Gasteiger partial charge in [-0.3, -0.25) is 14.4 Å². The molecule has 3 rings (SSSR count). The van der Waals surface area contributed by atoms with E-state index in [0.717, 1.165) is 44.9 Å². The predicted octanol–water partition coefficient (Wildman–Crippen LogP) is 3.54. The number of aliphatic hydroxyl groups is 1. The minimum absolute atomic E-state index is 0.00567. The minimum atomic E-state index is -0.971. The van der Waals surface area contributed by atoms with Crippen LogP contribution in [-0.4, -0.2) is 94.1 Å². The van der Waals surface area contributed by atoms with Crippen LogP contribution in [0, 0.1) is 11.8 Å². The number of hydrogen-bond donors (Lipinski definition) is 1. The van der Waals surface area contributed by atoms with Crippen molar-refractivity contribution in [2.75, 3.05) is 32.8 Å². The fraction of sp³-hybridized carbons (Fsp3) is 0.767. The van der Waals surface area contributed by atoms with Gasteiger partial charge in [-0.2, -0.15) is 0 Å². The summed E-state index contributed by atoms with van der Waals surface area (Å²) in [5, 5.41) is 9.14. The Hall–Kier alpha value is -2.19. The van der Waals surface area contributed by atoms with Gasteiger partial charge in [0.15, 0.2) is 0 Å². The number of nitrogens with zero attached hydrogens (tertiary/aromatic N) is 3. The summed E-state index contributed by atoms with van der Waals surface area (Å²) in [6.45, 7) is 15.9. The number of rotatable bonds is 17. The lowest BCUT2D eigenvalue weighted by molar-refractivity contribution is -0.150. The van der Waals surface area contributed by atoms with Gasteiger partial charge in [0.05, 0.1) is 17.9 Å². The van der Waals surface area contributed by atoms with Gasteiger partial charge >= 0.3 is 0 Å². The Morgan fingerprint density at radius 3 is 2.47 bits per heavy atom. The van der Waals surface area contributed by atoms with Crippen molar-refractivity contribution in [3.05, 3.63) is 25.3 Å². The maximum Gasteiger partial charge on any atom is 0.248 e. The topological polar surface area (TPSA) is 90.4 Å². The fourth-order valence-electron chi connectivity index (χ4n) is 6.99. The molecule has 3 saturated heterocycles. The number of unbranched alkanes of at least 4 members (excludes halogenated alkanes) is 3. The van der Waals surface area contributed by atoms with Crippen LogP contribution in [0.25, 0.3) is 0 Å². The number of ether oxygens (including phenoxy) is 1. The van der Waals surface area contributed by atoms with Gasteiger partial charge in [-0.25, -0.2) is 0 Å². The Kier molecular flexibility index (Phi) is 11.0. The first-order valence-electron chi connectivity index (χ1n) is 14.7. The quantitative estimate of drug-likeness (QED) is 0.229. The maximum atomic E-state index is 14.3. The summed E-state index contributed by atoms with van der Waals surface area (Å²) in [7, 11) is 0. The summed E-state index contributed by atoms with van der Waals surface area (Å²) in [6.07, 6.45) is 10.2. The predicted molar refractivity (Wildman–Crippen MR) is 148 cm³/mol. The SMILES string of the molecule is C=CCN(CCC)C(=O)[C@@H]1[C@H]2C(=O)N(CCCCCCO)C(C(=O)N(CC=C)C(C)CCC)C23CC[C@H]1O3. The molecule has 0 aromatic heterocycles. The Morgan fingerprint density at radius 2 is 1.84 bits per heavy atom. The normalized spacial score (nSPS) is 28.3. The number of amides is 3. The first-order valence-corrected chi connectivity index (χ1v) is 14.7. The van der Waals surface area contributed by atoms with E-state index >= 15 is 0 Å². The molecule has 3 aliphatic rings. The van der Waals surface area contributed by atoms with Crippen LogP contribution < -0.4 is 0 Å². The number of likely N-dealkylation sites (tertiary alicyclic amines) is 1. The molecule has 3 fully saturated rings. The minimum Gasteiger partial charge on any atom is -0.396 e. The van der Waals surface area contributed by atoms with E-state index in [-0.39, 0.29) is 36.5 Å². The first-order chi connectivity index (χ1) is 18.3. The standard InChI is InChI=1S/C30H49N3O5/c1-6-14-22(5)32(19-9-4)29(37)26-30-16-15-23(38-30)24(27(35)31(17-7-2)18-8-3)25(30)28(36)33(26)20-12-10-11-13-21-34/h7,9,22-26,34H,2,4,6,8,10-21H2,1,3,5H3/t22?,23-,24+,25+,26?,30?/m1/s1. The lowest BCUT2D eigenvalue weighted by atomic mass is 9.70. The average molecular weight is 532 g/mol. The molecule has 3 unspecified atom stereocenters. The number of aliphatic hydroxyl groups excluding tert-OH is 1. The van der Waals surface area contributed by atoms with Crippen LogP contribution in [-0.2, 0) is 19.1 Å². The molecule has 0 aliphatic carbocycles. The highest BCUT2D eigenvalue weighted by Crippen LogP contribution is 2.59. The molecule has 8 nitrogen and oxygen atoms in total. The molecule has 3 amide bonds. The smallest absolute Gasteiger partial charge is 0.248 e. The fourth-order valence-corrected chi connectivity index (χ4v) is 6.99. The molecular weight excluding hydrogens is 482 g/mol. The van der Waals surface area contributed by atoms with E-state index in [1.165, 1.54) is 0 Å². The molecule has 0 aromatic carbocycles. The van der Waals surface area contributed by atoms with E-state index in [1.54, 1.807) is 22.0 Å². The number of carbonyl (C=O) groups excluding carboxylic acids is 3. The molecular formula is C30H49N3O5. The molecule has 1 spiro atoms. The summed E-state index contributed by atoms with van der Waals surface area (Å²) >= 11 is 0. The maximum absolute atomic E-state index is 14.3. The van der Waals surface area contributed by atoms with Crippen molar-refractivity contribution in [2.24, 2.45) is 11.8 Å². The zero-order valence-electron chi connectivity index (χ0n) is 23.8. The van der Waals surface area contributed by atoms with E-state index in [2.05, 4.69) is 20.1 Å². The molecule has 6 atom stereocenters. The van der Waals surface area contributed by atoms with Gasteiger partial charge in [0.1, 0.15) is 11.6 Å². The second-order valence-electron chi connectivity index (χ2n) is 11.2. The van der Waals surface area contributed by atoms with Crippen molar-refractivity contribution >= 4 is 17.7 Å². The molecule has 3 heterocycles. The van der Waals surface area contributed by atoms with Crippen molar-refractivity contribution in [1.29, 1.82) is 0 Å². The molecule has 0 saturated carbocycles. The molecule has 0 aromatic rings. The molecule has 2 bridgehead atoms. The van der Waals surface area contributed by atoms with Gasteiger partial charge in [0.25, 0.3) is 0 Å². The average Bonchev–Trinajstić information content (AvgIpc) is 3.54. The van der Waals surface area contributed by atoms with Gasteiger partial charge in [-0.1, -0.05) is 45.3 Å². The van der Waals surface area contributed by atoms with Gasteiger partial charge < -0.3 is 24.5 Å². The van der Waals surface area contributed by atoms with E-state index in [9.17, 15) is 14.4 Å². The third kappa shape index (κ3) is 5.71. The Labute approximate surface area is 229 Å². The number of fused-ring (bicyclic) bond motifs is 1. The summed E-state index contributed by atoms with van der Waals surface area (Å²) < 4.78 is 6.63. The summed E-state index contributed by atoms with van der Waals surface area (Å²) in [4.78, 5) is 47.7. The molecule has 1 N–H and O–H groups in total. The highest BCUT2D eigenvalue weighted by Gasteiger charge is 2.74. The van der Waals surface area contributed by atoms with Crippen LogP contribution in [0.3, 0.4) is 0 Å². The third-order valence-electron chi connectivity index (χ3n) is 8.63. The van der Waals surface area contributed by atoms with Crippen molar-refractivity contribution in [2.45, 2.75) is 102 Å². The largest absolute Gasteiger partial charge is 0.396 e. The van der Waals surface area contributed by atoms with Crippen LogP contribution in [0.15, 0.2) is 25.3 Å². The monoisotopic (exact) mass is 531 g/mol. The highest BCUT2D eigenvalue weighted by molar-refractivity contribution is 5.99. The lowest BCUT2D eigenvalue weighted by Crippen LogP contribution is -2.58. The van der Waals surface area contributed by atoms with Gasteiger partial charge in [0, 0.05) is 38.8 Å². The van der Waals surface area contributed by atoms with Crippen molar-refractivity contribution in [3.8, 4) is 0 Å². The van der Waals surface area contributed by atoms with E-state index in [0.29, 0.717) is 39.0 Å². The Bertz CT molecular complexity index is 863. The molecule has 0 radical (unpaired) electrons. The zero-order valence-corrected chi connectivity index (χ0v) is 23.8. The number of carbonyl (C=O) groups is 3. The summed E-state index contributed by atoms with van der Waals surface area (Å²) in [5.41, 5.74) is -0.971. The van der Waals surface area contributed by atoms with Crippen LogP contribution in [0.4, 0.5) is 0 Å². The molecule has 38 heavy (non-hydrogen) atoms. The molecule has 3 aliphatic heterocycles. The van der Waals surface area contributed by atoms with E-state index in [4.69, 9.17) is 9.84 Å². The molecule has 214 valence electrons. The van der Waals surface area contributed by atoms with Gasteiger partial charge in [0.2, 0.25) is 17.7 Å². The van der Waals surface area contributed by atoms with Crippen molar-refractivity contribution < 1.29 is 24.2 Å². The first kappa shape index (κ1) is 30.4. The highest BCUT2D eigenvalue weighted by atomic mass is 16.5. The van der Waals surface area contributed by atoms with Crippen LogP contribution >= 0.6 is 0 Å². The Morgan fingerprint density at radius 1 is 1.13 bits per heavy atom. The Balaban J connectivity index is 1.98. The number of hydrogen-bond acceptors (Lipinski definition) is 5. The third-order valence-corrected chi connectivity index (χ3v) is 8.63. The zero-order chi connectivity index (χ0) is 27.9. The van der Waals surface area contributed by atoms with Crippen LogP contribution in [0.2, 0.25) is 0 Å². The van der Waals surface area contributed by atoms with Crippen LogP contribution in [0.1, 0.15) is 78.6 Å². The summed E-state index contributed by atoms with van der Waals surface area (Å²) in [5.74, 6) is -1.49. The van der Waals surface area contributed by atoms with Crippen LogP contribution in [0.5, 0.6) is 0 Å². The van der Waals surface area contributed by atoms with Gasteiger partial charge in [-0.15, -0.1) is 13.2 Å². The van der Waals surface area contributed by atoms with E-state index < -0.39 is 23.5 Å². The van der Waals surface area contributed by atoms with Crippen molar-refractivity contribution in [1.82, 2.24) is 14.7 Å². The molecule has 8 heteroatoms. The van der Waals surface area contributed by atoms with Gasteiger partial charge in [-0.05, 0) is 45.4 Å². The second-order valence-corrected chi connectivity index (χ2v) is 11.2. The van der Waals surface area contributed by atoms with E-state index in [1.807, 2.05) is 18.7 Å². The lowest BCUT2D eigenvalue weighted by Gasteiger charge is -2.39.